The lowest BCUT2D eigenvalue weighted by atomic mass is 9.78. The standard InChI is InChI=1S/C21H21NO3/c23-19(22-18(20(24)25)15-8-2-1-3-9-15)17-13-21(17)12-6-10-14-7-4-5-11-16(14)21/h1-5,7-9,11,17-18H,6,10,12-13H2,(H,22,23)(H,24,25)/t17?,18-,21?/m1/s1. The van der Waals surface area contributed by atoms with Gasteiger partial charge in [-0.1, -0.05) is 54.6 Å². The molecule has 128 valence electrons. The molecule has 3 atom stereocenters. The Labute approximate surface area is 146 Å². The van der Waals surface area contributed by atoms with Gasteiger partial charge in [0.1, 0.15) is 0 Å². The summed E-state index contributed by atoms with van der Waals surface area (Å²) in [5.41, 5.74) is 3.13. The Morgan fingerprint density at radius 2 is 1.80 bits per heavy atom. The molecule has 0 bridgehead atoms. The number of fused-ring (bicyclic) bond motifs is 2. The van der Waals surface area contributed by atoms with Crippen molar-refractivity contribution in [3.63, 3.8) is 0 Å². The largest absolute Gasteiger partial charge is 0.479 e. The van der Waals surface area contributed by atoms with Crippen molar-refractivity contribution < 1.29 is 14.7 Å². The molecule has 1 amide bonds. The highest BCUT2D eigenvalue weighted by Crippen LogP contribution is 2.60. The number of aliphatic carboxylic acids is 1. The van der Waals surface area contributed by atoms with Gasteiger partial charge in [-0.15, -0.1) is 0 Å². The molecule has 0 aromatic heterocycles. The first-order valence-electron chi connectivity index (χ1n) is 8.78. The molecule has 2 aliphatic carbocycles. The number of aryl methyl sites for hydroxylation is 1. The van der Waals surface area contributed by atoms with Crippen LogP contribution in [0.25, 0.3) is 0 Å². The molecule has 0 aliphatic heterocycles. The second-order valence-corrected chi connectivity index (χ2v) is 7.11. The zero-order valence-corrected chi connectivity index (χ0v) is 13.9. The lowest BCUT2D eigenvalue weighted by Crippen LogP contribution is -2.36. The second kappa shape index (κ2) is 6.03. The zero-order chi connectivity index (χ0) is 17.4. The van der Waals surface area contributed by atoms with Gasteiger partial charge in [0.25, 0.3) is 0 Å². The number of hydrogen-bond donors (Lipinski definition) is 2. The molecule has 2 unspecified atom stereocenters. The molecule has 0 radical (unpaired) electrons. The van der Waals surface area contributed by atoms with Crippen LogP contribution in [-0.2, 0) is 21.4 Å². The van der Waals surface area contributed by atoms with E-state index in [1.807, 2.05) is 18.2 Å². The van der Waals surface area contributed by atoms with Crippen molar-refractivity contribution in [2.75, 3.05) is 0 Å². The van der Waals surface area contributed by atoms with Gasteiger partial charge in [0, 0.05) is 11.3 Å². The first-order valence-corrected chi connectivity index (χ1v) is 8.78. The maximum Gasteiger partial charge on any atom is 0.330 e. The van der Waals surface area contributed by atoms with E-state index in [2.05, 4.69) is 17.4 Å². The molecule has 2 aromatic carbocycles. The molecule has 1 spiro atoms. The number of hydrogen-bond acceptors (Lipinski definition) is 2. The van der Waals surface area contributed by atoms with Crippen molar-refractivity contribution in [3.8, 4) is 0 Å². The predicted octanol–water partition coefficient (Wildman–Crippen LogP) is 3.22. The quantitative estimate of drug-likeness (QED) is 0.901. The number of carboxylic acid groups (broad SMARTS) is 1. The fourth-order valence-corrected chi connectivity index (χ4v) is 4.35. The average Bonchev–Trinajstić information content (AvgIpc) is 3.35. The number of carbonyl (C=O) groups is 2. The molecule has 2 aromatic rings. The fraction of sp³-hybridized carbons (Fsp3) is 0.333. The van der Waals surface area contributed by atoms with Crippen LogP contribution in [0.2, 0.25) is 0 Å². The van der Waals surface area contributed by atoms with Crippen LogP contribution >= 0.6 is 0 Å². The molecule has 2 aliphatic rings. The Morgan fingerprint density at radius 1 is 1.08 bits per heavy atom. The summed E-state index contributed by atoms with van der Waals surface area (Å²) in [6.45, 7) is 0. The molecule has 2 N–H and O–H groups in total. The summed E-state index contributed by atoms with van der Waals surface area (Å²) in [6.07, 6.45) is 3.97. The van der Waals surface area contributed by atoms with E-state index in [-0.39, 0.29) is 17.2 Å². The third kappa shape index (κ3) is 2.72. The third-order valence-corrected chi connectivity index (χ3v) is 5.68. The van der Waals surface area contributed by atoms with Gasteiger partial charge in [0.15, 0.2) is 6.04 Å². The van der Waals surface area contributed by atoms with Gasteiger partial charge in [-0.05, 0) is 42.4 Å². The van der Waals surface area contributed by atoms with Gasteiger partial charge in [-0.2, -0.15) is 0 Å². The normalized spacial score (nSPS) is 25.0. The highest BCUT2D eigenvalue weighted by atomic mass is 16.4. The lowest BCUT2D eigenvalue weighted by molar-refractivity contribution is -0.142. The predicted molar refractivity (Wildman–Crippen MR) is 94.1 cm³/mol. The first kappa shape index (κ1) is 15.9. The number of carbonyl (C=O) groups excluding carboxylic acids is 1. The molecule has 4 rings (SSSR count). The minimum Gasteiger partial charge on any atom is -0.479 e. The van der Waals surface area contributed by atoms with Gasteiger partial charge in [0.05, 0.1) is 0 Å². The second-order valence-electron chi connectivity index (χ2n) is 7.11. The monoisotopic (exact) mass is 335 g/mol. The number of carboxylic acids is 1. The Kier molecular flexibility index (Phi) is 3.83. The number of rotatable bonds is 4. The number of nitrogens with one attached hydrogen (secondary N) is 1. The van der Waals surface area contributed by atoms with Crippen molar-refractivity contribution in [1.29, 1.82) is 0 Å². The summed E-state index contributed by atoms with van der Waals surface area (Å²) in [7, 11) is 0. The molecule has 25 heavy (non-hydrogen) atoms. The molecular formula is C21H21NO3. The Balaban J connectivity index is 1.55. The van der Waals surface area contributed by atoms with Crippen molar-refractivity contribution in [1.82, 2.24) is 5.32 Å². The van der Waals surface area contributed by atoms with Gasteiger partial charge in [-0.25, -0.2) is 4.79 Å². The smallest absolute Gasteiger partial charge is 0.330 e. The zero-order valence-electron chi connectivity index (χ0n) is 13.9. The molecule has 1 saturated carbocycles. The first-order chi connectivity index (χ1) is 12.1. The van der Waals surface area contributed by atoms with Crippen LogP contribution in [0.15, 0.2) is 54.6 Å². The average molecular weight is 335 g/mol. The van der Waals surface area contributed by atoms with Gasteiger partial charge in [0.2, 0.25) is 5.91 Å². The fourth-order valence-electron chi connectivity index (χ4n) is 4.35. The minimum absolute atomic E-state index is 0.0847. The van der Waals surface area contributed by atoms with Crippen LogP contribution in [0.4, 0.5) is 0 Å². The molecule has 0 heterocycles. The van der Waals surface area contributed by atoms with Gasteiger partial charge in [-0.3, -0.25) is 4.79 Å². The Bertz CT molecular complexity index is 817. The van der Waals surface area contributed by atoms with E-state index in [1.165, 1.54) is 11.1 Å². The molecular weight excluding hydrogens is 314 g/mol. The summed E-state index contributed by atoms with van der Waals surface area (Å²) in [6, 6.07) is 16.2. The highest BCUT2D eigenvalue weighted by Gasteiger charge is 2.60. The van der Waals surface area contributed by atoms with Crippen molar-refractivity contribution in [2.24, 2.45) is 5.92 Å². The SMILES string of the molecule is O=C(N[C@@H](C(=O)O)c1ccccc1)C1CC12CCCc1ccccc12. The van der Waals surface area contributed by atoms with Crippen LogP contribution in [0.5, 0.6) is 0 Å². The Morgan fingerprint density at radius 3 is 2.56 bits per heavy atom. The highest BCUT2D eigenvalue weighted by molar-refractivity contribution is 5.89. The van der Waals surface area contributed by atoms with Gasteiger partial charge >= 0.3 is 5.97 Å². The van der Waals surface area contributed by atoms with Crippen LogP contribution in [0.3, 0.4) is 0 Å². The molecule has 4 nitrogen and oxygen atoms in total. The van der Waals surface area contributed by atoms with E-state index in [4.69, 9.17) is 0 Å². The summed E-state index contributed by atoms with van der Waals surface area (Å²) >= 11 is 0. The number of benzene rings is 2. The maximum absolute atomic E-state index is 12.8. The summed E-state index contributed by atoms with van der Waals surface area (Å²) in [5, 5.41) is 12.3. The van der Waals surface area contributed by atoms with Crippen LogP contribution < -0.4 is 5.32 Å². The molecule has 0 saturated heterocycles. The summed E-state index contributed by atoms with van der Waals surface area (Å²) in [4.78, 5) is 24.4. The van der Waals surface area contributed by atoms with E-state index >= 15 is 0 Å². The lowest BCUT2D eigenvalue weighted by Gasteiger charge is -2.26. The minimum atomic E-state index is -1.03. The topological polar surface area (TPSA) is 66.4 Å². The molecule has 1 fully saturated rings. The van der Waals surface area contributed by atoms with Crippen LogP contribution in [0.1, 0.15) is 42.0 Å². The van der Waals surface area contributed by atoms with Crippen LogP contribution in [-0.4, -0.2) is 17.0 Å². The molecule has 4 heteroatoms. The van der Waals surface area contributed by atoms with E-state index < -0.39 is 12.0 Å². The maximum atomic E-state index is 12.8. The van der Waals surface area contributed by atoms with E-state index in [0.29, 0.717) is 5.56 Å². The van der Waals surface area contributed by atoms with Crippen molar-refractivity contribution >= 4 is 11.9 Å². The van der Waals surface area contributed by atoms with Gasteiger partial charge < -0.3 is 10.4 Å². The van der Waals surface area contributed by atoms with E-state index in [1.54, 1.807) is 24.3 Å². The van der Waals surface area contributed by atoms with E-state index in [0.717, 1.165) is 25.7 Å². The van der Waals surface area contributed by atoms with Crippen LogP contribution in [0, 0.1) is 5.92 Å². The third-order valence-electron chi connectivity index (χ3n) is 5.68. The summed E-state index contributed by atoms with van der Waals surface area (Å²) in [5.74, 6) is -1.30. The van der Waals surface area contributed by atoms with Crippen molar-refractivity contribution in [3.05, 3.63) is 71.3 Å². The number of amides is 1. The van der Waals surface area contributed by atoms with E-state index in [9.17, 15) is 14.7 Å². The summed E-state index contributed by atoms with van der Waals surface area (Å²) < 4.78 is 0. The Hall–Kier alpha value is -2.62. The van der Waals surface area contributed by atoms with Crippen molar-refractivity contribution in [2.45, 2.75) is 37.1 Å².